The number of aromatic nitrogens is 2. The molecular formula is C23H22BrIN4O3. The van der Waals surface area contributed by atoms with Crippen molar-refractivity contribution in [1.29, 1.82) is 5.26 Å². The maximum absolute atomic E-state index is 13.2. The summed E-state index contributed by atoms with van der Waals surface area (Å²) in [6.45, 7) is 4.35. The lowest BCUT2D eigenvalue weighted by atomic mass is 10.2. The second kappa shape index (κ2) is 11.4. The van der Waals surface area contributed by atoms with Gasteiger partial charge in [0.15, 0.2) is 18.1 Å². The van der Waals surface area contributed by atoms with Crippen molar-refractivity contribution < 1.29 is 9.47 Å². The van der Waals surface area contributed by atoms with E-state index in [0.717, 1.165) is 26.4 Å². The van der Waals surface area contributed by atoms with Gasteiger partial charge in [-0.1, -0.05) is 29.3 Å². The van der Waals surface area contributed by atoms with Gasteiger partial charge >= 0.3 is 0 Å². The third-order valence-corrected chi connectivity index (χ3v) is 5.86. The van der Waals surface area contributed by atoms with Gasteiger partial charge in [-0.15, -0.1) is 0 Å². The van der Waals surface area contributed by atoms with Crippen molar-refractivity contribution in [1.82, 2.24) is 9.66 Å². The molecule has 0 aliphatic carbocycles. The van der Waals surface area contributed by atoms with E-state index in [9.17, 15) is 4.79 Å². The van der Waals surface area contributed by atoms with Crippen LogP contribution in [-0.2, 0) is 6.42 Å². The Morgan fingerprint density at radius 1 is 1.28 bits per heavy atom. The minimum atomic E-state index is -0.215. The summed E-state index contributed by atoms with van der Waals surface area (Å²) in [5.74, 6) is 1.66. The molecule has 0 N–H and O–H groups in total. The SMILES string of the molecule is CCCCc1nc2ccc(Br)cc2c(=O)n1N=Cc1cc(I)c(OCC#N)c(OCC)c1. The van der Waals surface area contributed by atoms with E-state index < -0.39 is 0 Å². The zero-order chi connectivity index (χ0) is 23.1. The third kappa shape index (κ3) is 5.66. The molecule has 0 aliphatic heterocycles. The zero-order valence-electron chi connectivity index (χ0n) is 17.8. The summed E-state index contributed by atoms with van der Waals surface area (Å²) in [5.41, 5.74) is 1.18. The van der Waals surface area contributed by atoms with Crippen LogP contribution in [0.3, 0.4) is 0 Å². The molecular weight excluding hydrogens is 587 g/mol. The smallest absolute Gasteiger partial charge is 0.282 e. The Hall–Kier alpha value is -2.45. The number of hydrogen-bond donors (Lipinski definition) is 0. The molecule has 32 heavy (non-hydrogen) atoms. The van der Waals surface area contributed by atoms with Gasteiger partial charge in [0.25, 0.3) is 5.56 Å². The molecule has 0 atom stereocenters. The van der Waals surface area contributed by atoms with Crippen LogP contribution in [0.2, 0.25) is 0 Å². The van der Waals surface area contributed by atoms with E-state index in [0.29, 0.717) is 41.3 Å². The number of nitrogens with zero attached hydrogens (tertiary/aromatic N) is 4. The molecule has 0 unspecified atom stereocenters. The standard InChI is InChI=1S/C23H22BrIN4O3/c1-3-5-6-21-28-19-8-7-16(24)13-17(19)23(30)29(21)27-14-15-11-18(25)22(32-10-9-26)20(12-15)31-4-2/h7-8,11-14H,3-6,10H2,1-2H3. The molecule has 0 radical (unpaired) electrons. The van der Waals surface area contributed by atoms with Crippen LogP contribution in [0.4, 0.5) is 0 Å². The monoisotopic (exact) mass is 608 g/mol. The maximum Gasteiger partial charge on any atom is 0.282 e. The Morgan fingerprint density at radius 2 is 2.09 bits per heavy atom. The molecule has 0 saturated heterocycles. The highest BCUT2D eigenvalue weighted by Gasteiger charge is 2.13. The molecule has 166 valence electrons. The number of ether oxygens (including phenoxy) is 2. The lowest BCUT2D eigenvalue weighted by Gasteiger charge is -2.13. The fourth-order valence-corrected chi connectivity index (χ4v) is 4.25. The van der Waals surface area contributed by atoms with Crippen molar-refractivity contribution >= 4 is 55.6 Å². The molecule has 3 aromatic rings. The van der Waals surface area contributed by atoms with Gasteiger partial charge in [0.05, 0.1) is 27.3 Å². The van der Waals surface area contributed by atoms with Crippen LogP contribution in [0.1, 0.15) is 38.1 Å². The maximum atomic E-state index is 13.2. The molecule has 9 heteroatoms. The van der Waals surface area contributed by atoms with E-state index in [-0.39, 0.29) is 12.2 Å². The van der Waals surface area contributed by atoms with Gasteiger partial charge in [-0.25, -0.2) is 4.98 Å². The topological polar surface area (TPSA) is 89.5 Å². The third-order valence-electron chi connectivity index (χ3n) is 4.56. The van der Waals surface area contributed by atoms with Crippen molar-refractivity contribution in [2.75, 3.05) is 13.2 Å². The average molecular weight is 609 g/mol. The highest BCUT2D eigenvalue weighted by Crippen LogP contribution is 2.34. The first-order valence-corrected chi connectivity index (χ1v) is 12.1. The predicted molar refractivity (Wildman–Crippen MR) is 137 cm³/mol. The lowest BCUT2D eigenvalue weighted by Crippen LogP contribution is -2.22. The summed E-state index contributed by atoms with van der Waals surface area (Å²) in [6.07, 6.45) is 4.15. The molecule has 7 nitrogen and oxygen atoms in total. The summed E-state index contributed by atoms with van der Waals surface area (Å²) in [7, 11) is 0. The van der Waals surface area contributed by atoms with Crippen LogP contribution < -0.4 is 15.0 Å². The van der Waals surface area contributed by atoms with Crippen molar-refractivity contribution in [3.8, 4) is 17.6 Å². The molecule has 1 aromatic heterocycles. The zero-order valence-corrected chi connectivity index (χ0v) is 21.5. The summed E-state index contributed by atoms with van der Waals surface area (Å²) in [5, 5.41) is 13.8. The van der Waals surface area contributed by atoms with Gasteiger partial charge in [0.1, 0.15) is 11.9 Å². The van der Waals surface area contributed by atoms with Crippen LogP contribution >= 0.6 is 38.5 Å². The van der Waals surface area contributed by atoms with Gasteiger partial charge in [-0.3, -0.25) is 4.79 Å². The fraction of sp³-hybridized carbons (Fsp3) is 0.304. The van der Waals surface area contributed by atoms with Crippen molar-refractivity contribution in [3.63, 3.8) is 0 Å². The molecule has 0 fully saturated rings. The first kappa shape index (κ1) is 24.2. The highest BCUT2D eigenvalue weighted by molar-refractivity contribution is 14.1. The molecule has 2 aromatic carbocycles. The van der Waals surface area contributed by atoms with Gasteiger partial charge in [-0.05, 0) is 71.8 Å². The van der Waals surface area contributed by atoms with E-state index >= 15 is 0 Å². The number of benzene rings is 2. The summed E-state index contributed by atoms with van der Waals surface area (Å²) < 4.78 is 14.2. The van der Waals surface area contributed by atoms with Crippen LogP contribution in [0.25, 0.3) is 10.9 Å². The molecule has 1 heterocycles. The van der Waals surface area contributed by atoms with E-state index in [1.807, 2.05) is 31.2 Å². The Morgan fingerprint density at radius 3 is 2.81 bits per heavy atom. The number of aryl methyl sites for hydroxylation is 1. The quantitative estimate of drug-likeness (QED) is 0.243. The number of rotatable bonds is 9. The Bertz CT molecular complexity index is 1250. The lowest BCUT2D eigenvalue weighted by molar-refractivity contribution is 0.297. The van der Waals surface area contributed by atoms with E-state index in [4.69, 9.17) is 19.7 Å². The number of hydrogen-bond acceptors (Lipinski definition) is 6. The van der Waals surface area contributed by atoms with Gasteiger partial charge in [0.2, 0.25) is 0 Å². The van der Waals surface area contributed by atoms with E-state index in [1.54, 1.807) is 18.3 Å². The van der Waals surface area contributed by atoms with E-state index in [1.165, 1.54) is 4.68 Å². The van der Waals surface area contributed by atoms with Crippen molar-refractivity contribution in [3.05, 3.63) is 60.1 Å². The second-order valence-corrected chi connectivity index (χ2v) is 8.94. The van der Waals surface area contributed by atoms with Crippen LogP contribution in [0, 0.1) is 14.9 Å². The van der Waals surface area contributed by atoms with Gasteiger partial charge in [0, 0.05) is 10.9 Å². The molecule has 0 spiro atoms. The number of unbranched alkanes of at least 4 members (excludes halogenated alkanes) is 1. The number of fused-ring (bicyclic) bond motifs is 1. The molecule has 0 saturated carbocycles. The first-order chi connectivity index (χ1) is 15.5. The Labute approximate surface area is 208 Å². The second-order valence-electron chi connectivity index (χ2n) is 6.86. The van der Waals surface area contributed by atoms with Gasteiger partial charge < -0.3 is 9.47 Å². The Kier molecular flexibility index (Phi) is 8.64. The largest absolute Gasteiger partial charge is 0.490 e. The van der Waals surface area contributed by atoms with Crippen LogP contribution in [-0.4, -0.2) is 29.1 Å². The summed E-state index contributed by atoms with van der Waals surface area (Å²) >= 11 is 5.55. The van der Waals surface area contributed by atoms with Crippen molar-refractivity contribution in [2.24, 2.45) is 5.10 Å². The predicted octanol–water partition coefficient (Wildman–Crippen LogP) is 5.29. The minimum Gasteiger partial charge on any atom is -0.490 e. The van der Waals surface area contributed by atoms with E-state index in [2.05, 4.69) is 50.5 Å². The molecule has 0 aliphatic rings. The summed E-state index contributed by atoms with van der Waals surface area (Å²) in [4.78, 5) is 17.9. The molecule has 0 bridgehead atoms. The number of halogens is 2. The number of nitriles is 1. The first-order valence-electron chi connectivity index (χ1n) is 10.2. The van der Waals surface area contributed by atoms with Crippen molar-refractivity contribution in [2.45, 2.75) is 33.1 Å². The highest BCUT2D eigenvalue weighted by atomic mass is 127. The van der Waals surface area contributed by atoms with Gasteiger partial charge in [-0.2, -0.15) is 15.0 Å². The van der Waals surface area contributed by atoms with Crippen LogP contribution in [0.15, 0.2) is 44.7 Å². The molecule has 0 amide bonds. The fourth-order valence-electron chi connectivity index (χ4n) is 3.10. The minimum absolute atomic E-state index is 0.0714. The normalized spacial score (nSPS) is 11.1. The Balaban J connectivity index is 2.08. The summed E-state index contributed by atoms with van der Waals surface area (Å²) in [6, 6.07) is 11.1. The molecule has 3 rings (SSSR count). The average Bonchev–Trinajstić information content (AvgIpc) is 2.77. The van der Waals surface area contributed by atoms with Crippen LogP contribution in [0.5, 0.6) is 11.5 Å².